The van der Waals surface area contributed by atoms with Gasteiger partial charge in [0.05, 0.1) is 5.69 Å². The van der Waals surface area contributed by atoms with Crippen molar-refractivity contribution in [1.82, 2.24) is 9.88 Å². The molecule has 2 N–H and O–H groups in total. The number of aromatic nitrogens is 1. The largest absolute Gasteiger partial charge is 2.00 e. The van der Waals surface area contributed by atoms with Gasteiger partial charge in [0, 0.05) is 49.3 Å². The van der Waals surface area contributed by atoms with Crippen LogP contribution in [0, 0.1) is 13.8 Å². The van der Waals surface area contributed by atoms with E-state index in [1.54, 1.807) is 0 Å². The SMILES string of the molecule is Cc1cc(C(C)C)c(NC(C)CN(Cc2ccccn2)CC(C)Nc2c(C(C)C)cc(C)cc2C(C)C)c(C(C)C)c1.[Br-].[Br-].[Co+2]. The van der Waals surface area contributed by atoms with Gasteiger partial charge in [0.2, 0.25) is 0 Å². The second-order valence-electron chi connectivity index (χ2n) is 13.9. The van der Waals surface area contributed by atoms with Crippen LogP contribution >= 0.6 is 0 Å². The van der Waals surface area contributed by atoms with E-state index >= 15 is 0 Å². The normalized spacial score (nSPS) is 12.6. The monoisotopic (exact) mass is 787 g/mol. The Morgan fingerprint density at radius 1 is 0.600 bits per heavy atom. The maximum Gasteiger partial charge on any atom is 2.00 e. The van der Waals surface area contributed by atoms with Gasteiger partial charge in [0.1, 0.15) is 0 Å². The van der Waals surface area contributed by atoms with Gasteiger partial charge in [-0.2, -0.15) is 0 Å². The zero-order chi connectivity index (χ0) is 31.1. The van der Waals surface area contributed by atoms with E-state index < -0.39 is 0 Å². The molecule has 0 saturated carbocycles. The van der Waals surface area contributed by atoms with Crippen molar-refractivity contribution in [2.75, 3.05) is 23.7 Å². The molecule has 0 amide bonds. The van der Waals surface area contributed by atoms with E-state index in [-0.39, 0.29) is 62.8 Å². The van der Waals surface area contributed by atoms with Gasteiger partial charge in [-0.1, -0.05) is 96.8 Å². The molecule has 0 bridgehead atoms. The molecule has 45 heavy (non-hydrogen) atoms. The average molecular weight is 790 g/mol. The molecule has 4 nitrogen and oxygen atoms in total. The van der Waals surface area contributed by atoms with Crippen molar-refractivity contribution < 1.29 is 50.7 Å². The van der Waals surface area contributed by atoms with Crippen molar-refractivity contribution in [3.05, 3.63) is 87.7 Å². The fourth-order valence-corrected chi connectivity index (χ4v) is 6.12. The Labute approximate surface area is 307 Å². The zero-order valence-corrected chi connectivity index (χ0v) is 33.9. The molecule has 3 rings (SSSR count). The summed E-state index contributed by atoms with van der Waals surface area (Å²) in [5, 5.41) is 7.96. The Hall–Kier alpha value is -1.38. The zero-order valence-electron chi connectivity index (χ0n) is 29.7. The van der Waals surface area contributed by atoms with Gasteiger partial charge in [0.15, 0.2) is 0 Å². The first-order valence-corrected chi connectivity index (χ1v) is 16.2. The first kappa shape index (κ1) is 43.6. The Morgan fingerprint density at radius 3 is 1.24 bits per heavy atom. The van der Waals surface area contributed by atoms with Crippen molar-refractivity contribution in [2.45, 2.75) is 125 Å². The molecule has 7 heteroatoms. The Kier molecular flexibility index (Phi) is 19.5. The molecule has 0 saturated heterocycles. The summed E-state index contributed by atoms with van der Waals surface area (Å²) < 4.78 is 0. The van der Waals surface area contributed by atoms with Gasteiger partial charge in [-0.05, 0) is 85.8 Å². The molecular weight excluding hydrogens is 731 g/mol. The molecule has 0 spiro atoms. The summed E-state index contributed by atoms with van der Waals surface area (Å²) in [5.74, 6) is 1.85. The second kappa shape index (κ2) is 20.1. The summed E-state index contributed by atoms with van der Waals surface area (Å²) in [4.78, 5) is 7.25. The number of pyridine rings is 1. The van der Waals surface area contributed by atoms with E-state index in [0.29, 0.717) is 23.7 Å². The predicted molar refractivity (Wildman–Crippen MR) is 184 cm³/mol. The van der Waals surface area contributed by atoms with Gasteiger partial charge in [0.25, 0.3) is 0 Å². The van der Waals surface area contributed by atoms with E-state index in [2.05, 4.69) is 140 Å². The van der Waals surface area contributed by atoms with E-state index in [9.17, 15) is 0 Å². The van der Waals surface area contributed by atoms with Crippen LogP contribution in [0.4, 0.5) is 11.4 Å². The minimum absolute atomic E-state index is 0. The first-order valence-electron chi connectivity index (χ1n) is 16.2. The third-order valence-corrected chi connectivity index (χ3v) is 8.13. The van der Waals surface area contributed by atoms with E-state index in [1.165, 1.54) is 44.8 Å². The Morgan fingerprint density at radius 2 is 0.956 bits per heavy atom. The molecule has 2 aromatic carbocycles. The second-order valence-corrected chi connectivity index (χ2v) is 13.9. The van der Waals surface area contributed by atoms with Gasteiger partial charge >= 0.3 is 16.8 Å². The molecule has 0 aliphatic rings. The molecule has 0 aliphatic carbocycles. The number of nitrogens with zero attached hydrogens (tertiary/aromatic N) is 2. The van der Waals surface area contributed by atoms with Crippen LogP contribution in [0.2, 0.25) is 0 Å². The molecule has 1 aromatic heterocycles. The summed E-state index contributed by atoms with van der Waals surface area (Å²) in [6.07, 6.45) is 1.91. The fourth-order valence-electron chi connectivity index (χ4n) is 6.12. The van der Waals surface area contributed by atoms with Gasteiger partial charge < -0.3 is 44.6 Å². The molecule has 3 aromatic rings. The van der Waals surface area contributed by atoms with Crippen LogP contribution in [0.1, 0.15) is 132 Å². The fraction of sp³-hybridized carbons (Fsp3) is 0.553. The van der Waals surface area contributed by atoms with Crippen molar-refractivity contribution in [3.63, 3.8) is 0 Å². The van der Waals surface area contributed by atoms with Crippen LogP contribution in [0.25, 0.3) is 0 Å². The summed E-state index contributed by atoms with van der Waals surface area (Å²) in [6.45, 7) is 30.2. The number of nitrogens with one attached hydrogen (secondary N) is 2. The summed E-state index contributed by atoms with van der Waals surface area (Å²) in [7, 11) is 0. The quantitative estimate of drug-likeness (QED) is 0.260. The van der Waals surface area contributed by atoms with Crippen molar-refractivity contribution in [3.8, 4) is 0 Å². The number of hydrogen-bond acceptors (Lipinski definition) is 4. The number of anilines is 2. The average Bonchev–Trinajstić information content (AvgIpc) is 2.90. The van der Waals surface area contributed by atoms with Crippen LogP contribution in [0.3, 0.4) is 0 Å². The van der Waals surface area contributed by atoms with Crippen LogP contribution in [0.15, 0.2) is 48.7 Å². The smallest absolute Gasteiger partial charge is 1.00 e. The molecule has 2 unspecified atom stereocenters. The van der Waals surface area contributed by atoms with Crippen LogP contribution < -0.4 is 44.6 Å². The summed E-state index contributed by atoms with van der Waals surface area (Å²) in [6, 6.07) is 16.2. The molecule has 2 atom stereocenters. The Bertz CT molecular complexity index is 1160. The summed E-state index contributed by atoms with van der Waals surface area (Å²) >= 11 is 0. The summed E-state index contributed by atoms with van der Waals surface area (Å²) in [5.41, 5.74) is 12.1. The third kappa shape index (κ3) is 12.6. The molecule has 0 fully saturated rings. The topological polar surface area (TPSA) is 40.2 Å². The molecule has 1 radical (unpaired) electrons. The maximum absolute atomic E-state index is 4.69. The first-order chi connectivity index (χ1) is 19.8. The van der Waals surface area contributed by atoms with E-state index in [0.717, 1.165) is 25.3 Å². The number of hydrogen-bond donors (Lipinski definition) is 2. The predicted octanol–water partition coefficient (Wildman–Crippen LogP) is 4.00. The molecule has 253 valence electrons. The third-order valence-electron chi connectivity index (χ3n) is 8.13. The van der Waals surface area contributed by atoms with Crippen LogP contribution in [-0.4, -0.2) is 35.1 Å². The van der Waals surface area contributed by atoms with Gasteiger partial charge in [-0.25, -0.2) is 0 Å². The minimum atomic E-state index is 0. The van der Waals surface area contributed by atoms with Crippen molar-refractivity contribution >= 4 is 11.4 Å². The van der Waals surface area contributed by atoms with Crippen LogP contribution in [0.5, 0.6) is 0 Å². The van der Waals surface area contributed by atoms with E-state index in [4.69, 9.17) is 0 Å². The van der Waals surface area contributed by atoms with E-state index in [1.807, 2.05) is 12.3 Å². The molecule has 1 heterocycles. The van der Waals surface area contributed by atoms with Gasteiger partial charge in [-0.15, -0.1) is 0 Å². The molecule has 0 aliphatic heterocycles. The van der Waals surface area contributed by atoms with Crippen molar-refractivity contribution in [1.29, 1.82) is 0 Å². The number of rotatable bonds is 14. The standard InChI is InChI=1S/C38H58N4.2BrH.Co/c1-24(2)33-17-28(9)18-34(25(3)4)37(33)40-30(11)21-42(23-32-15-13-14-16-39-32)22-31(12)41-38-35(26(5)6)19-29(10)20-36(38)27(7)8;;;/h13-20,24-27,30-31,40-41H,21-23H2,1-12H3;2*1H;/q;;;+2/p-2. The minimum Gasteiger partial charge on any atom is -1.00 e. The number of benzene rings is 2. The maximum atomic E-state index is 4.69. The van der Waals surface area contributed by atoms with Crippen molar-refractivity contribution in [2.24, 2.45) is 0 Å². The van der Waals surface area contributed by atoms with Crippen LogP contribution in [-0.2, 0) is 23.3 Å². The van der Waals surface area contributed by atoms with Gasteiger partial charge in [-0.3, -0.25) is 9.88 Å². The number of aryl methyl sites for hydroxylation is 2. The molecular formula is C38H58Br2CoN4. The number of halogens is 2. The Balaban J connectivity index is 0.00000645.